The lowest BCUT2D eigenvalue weighted by atomic mass is 10.1. The molecule has 2 N–H and O–H groups in total. The number of thiazole rings is 1. The van der Waals surface area contributed by atoms with Crippen LogP contribution in [0.15, 0.2) is 23.2 Å². The fraction of sp³-hybridized carbons (Fsp3) is 0.450. The first-order valence-electron chi connectivity index (χ1n) is 9.33. The summed E-state index contributed by atoms with van der Waals surface area (Å²) in [6.45, 7) is 6.57. The molecule has 0 fully saturated rings. The van der Waals surface area contributed by atoms with E-state index >= 15 is 0 Å². The Morgan fingerprint density at radius 3 is 2.79 bits per heavy atom. The maximum absolute atomic E-state index is 12.0. The molecular weight excluding hydrogens is 412 g/mol. The second-order valence-electron chi connectivity index (χ2n) is 6.26. The number of halogens is 1. The molecule has 0 aliphatic rings. The summed E-state index contributed by atoms with van der Waals surface area (Å²) in [7, 11) is 3.32. The monoisotopic (exact) mass is 438 g/mol. The number of rotatable bonds is 8. The summed E-state index contributed by atoms with van der Waals surface area (Å²) in [6, 6.07) is 5.54. The summed E-state index contributed by atoms with van der Waals surface area (Å²) in [6.07, 6.45) is 0.737. The fourth-order valence-electron chi connectivity index (χ4n) is 2.62. The second-order valence-corrected chi connectivity index (χ2v) is 7.70. The Labute approximate surface area is 180 Å². The van der Waals surface area contributed by atoms with Gasteiger partial charge in [-0.15, -0.1) is 11.3 Å². The van der Waals surface area contributed by atoms with Gasteiger partial charge in [0.05, 0.1) is 25.5 Å². The van der Waals surface area contributed by atoms with Crippen molar-refractivity contribution in [3.63, 3.8) is 0 Å². The van der Waals surface area contributed by atoms with E-state index in [1.54, 1.807) is 27.1 Å². The molecule has 0 amide bonds. The average Bonchev–Trinajstić information content (AvgIpc) is 3.10. The maximum atomic E-state index is 12.0. The van der Waals surface area contributed by atoms with Gasteiger partial charge in [0, 0.05) is 18.6 Å². The number of hydrogen-bond donors (Lipinski definition) is 2. The second kappa shape index (κ2) is 11.0. The van der Waals surface area contributed by atoms with Crippen LogP contribution >= 0.6 is 22.9 Å². The van der Waals surface area contributed by atoms with Crippen LogP contribution in [-0.2, 0) is 11.2 Å². The van der Waals surface area contributed by atoms with Crippen molar-refractivity contribution in [2.75, 3.05) is 27.3 Å². The molecular formula is C20H27ClN4O3S. The molecule has 0 bridgehead atoms. The standard InChI is InChI=1S/C20H27ClN4O3S/c1-6-28-19(26)17-12(2)24-18(29-17)13(3)25-20(22-4)23-10-9-14-7-8-15(27-5)11-16(14)21/h7-8,11,13H,6,9-10H2,1-5H3,(H2,22,23,25). The van der Waals surface area contributed by atoms with E-state index in [0.29, 0.717) is 34.7 Å². The SMILES string of the molecule is CCOC(=O)c1sc(C(C)NC(=NC)NCCc2ccc(OC)cc2Cl)nc1C. The number of benzene rings is 1. The molecule has 1 aromatic heterocycles. The van der Waals surface area contributed by atoms with E-state index < -0.39 is 0 Å². The van der Waals surface area contributed by atoms with E-state index in [1.807, 2.05) is 26.0 Å². The molecule has 1 aromatic carbocycles. The van der Waals surface area contributed by atoms with Gasteiger partial charge in [-0.25, -0.2) is 9.78 Å². The Hall–Kier alpha value is -2.32. The number of methoxy groups -OCH3 is 1. The summed E-state index contributed by atoms with van der Waals surface area (Å²) >= 11 is 7.62. The van der Waals surface area contributed by atoms with Crippen molar-refractivity contribution in [3.8, 4) is 5.75 Å². The summed E-state index contributed by atoms with van der Waals surface area (Å²) in [5, 5.41) is 8.04. The van der Waals surface area contributed by atoms with Crippen molar-refractivity contribution in [1.82, 2.24) is 15.6 Å². The van der Waals surface area contributed by atoms with Gasteiger partial charge in [-0.2, -0.15) is 0 Å². The topological polar surface area (TPSA) is 84.8 Å². The lowest BCUT2D eigenvalue weighted by Gasteiger charge is -2.16. The average molecular weight is 439 g/mol. The highest BCUT2D eigenvalue weighted by Crippen LogP contribution is 2.24. The smallest absolute Gasteiger partial charge is 0.350 e. The van der Waals surface area contributed by atoms with Crippen LogP contribution in [0, 0.1) is 6.92 Å². The first kappa shape index (κ1) is 23.0. The molecule has 158 valence electrons. The zero-order chi connectivity index (χ0) is 21.4. The minimum atomic E-state index is -0.333. The number of esters is 1. The van der Waals surface area contributed by atoms with E-state index in [2.05, 4.69) is 20.6 Å². The van der Waals surface area contributed by atoms with Crippen LogP contribution in [0.25, 0.3) is 0 Å². The number of aromatic nitrogens is 1. The van der Waals surface area contributed by atoms with Crippen molar-refractivity contribution < 1.29 is 14.3 Å². The summed E-state index contributed by atoms with van der Waals surface area (Å²) < 4.78 is 10.3. The van der Waals surface area contributed by atoms with Gasteiger partial charge in [0.2, 0.25) is 0 Å². The van der Waals surface area contributed by atoms with E-state index in [4.69, 9.17) is 21.1 Å². The third kappa shape index (κ3) is 6.33. The normalized spacial score (nSPS) is 12.4. The van der Waals surface area contributed by atoms with Gasteiger partial charge >= 0.3 is 5.97 Å². The third-order valence-electron chi connectivity index (χ3n) is 4.17. The van der Waals surface area contributed by atoms with E-state index in [0.717, 1.165) is 22.7 Å². The molecule has 0 aliphatic heterocycles. The van der Waals surface area contributed by atoms with Gasteiger partial charge in [0.25, 0.3) is 0 Å². The van der Waals surface area contributed by atoms with E-state index in [-0.39, 0.29) is 12.0 Å². The molecule has 29 heavy (non-hydrogen) atoms. The molecule has 0 saturated heterocycles. The fourth-order valence-corrected chi connectivity index (χ4v) is 3.85. The molecule has 0 aliphatic carbocycles. The van der Waals surface area contributed by atoms with E-state index in [9.17, 15) is 4.79 Å². The van der Waals surface area contributed by atoms with Crippen LogP contribution in [0.1, 0.15) is 45.8 Å². The van der Waals surface area contributed by atoms with Crippen molar-refractivity contribution in [1.29, 1.82) is 0 Å². The molecule has 2 aromatic rings. The first-order chi connectivity index (χ1) is 13.9. The predicted octanol–water partition coefficient (Wildman–Crippen LogP) is 3.76. The highest BCUT2D eigenvalue weighted by Gasteiger charge is 2.20. The number of aryl methyl sites for hydroxylation is 1. The minimum Gasteiger partial charge on any atom is -0.497 e. The first-order valence-corrected chi connectivity index (χ1v) is 10.5. The van der Waals surface area contributed by atoms with Gasteiger partial charge < -0.3 is 20.1 Å². The largest absolute Gasteiger partial charge is 0.497 e. The molecule has 1 atom stereocenters. The van der Waals surface area contributed by atoms with Gasteiger partial charge in [0.15, 0.2) is 5.96 Å². The molecule has 0 spiro atoms. The summed E-state index contributed by atoms with van der Waals surface area (Å²) in [4.78, 5) is 21.3. The van der Waals surface area contributed by atoms with Crippen molar-refractivity contribution >= 4 is 34.9 Å². The number of nitrogens with zero attached hydrogens (tertiary/aromatic N) is 2. The number of carbonyl (C=O) groups is 1. The zero-order valence-corrected chi connectivity index (χ0v) is 18.9. The van der Waals surface area contributed by atoms with Gasteiger partial charge in [-0.3, -0.25) is 4.99 Å². The number of aliphatic imine (C=N–C) groups is 1. The molecule has 9 heteroatoms. The lowest BCUT2D eigenvalue weighted by Crippen LogP contribution is -2.39. The summed E-state index contributed by atoms with van der Waals surface area (Å²) in [5.74, 6) is 1.05. The highest BCUT2D eigenvalue weighted by molar-refractivity contribution is 7.13. The quantitative estimate of drug-likeness (QED) is 0.371. The molecule has 7 nitrogen and oxygen atoms in total. The number of carbonyl (C=O) groups excluding carboxylic acids is 1. The van der Waals surface area contributed by atoms with Crippen LogP contribution in [0.2, 0.25) is 5.02 Å². The molecule has 1 unspecified atom stereocenters. The number of hydrogen-bond acceptors (Lipinski definition) is 6. The number of guanidine groups is 1. The lowest BCUT2D eigenvalue weighted by molar-refractivity contribution is 0.0531. The number of ether oxygens (including phenoxy) is 2. The van der Waals surface area contributed by atoms with Gasteiger partial charge in [-0.05, 0) is 44.9 Å². The van der Waals surface area contributed by atoms with Crippen LogP contribution in [0.4, 0.5) is 0 Å². The molecule has 2 rings (SSSR count). The van der Waals surface area contributed by atoms with Crippen molar-refractivity contribution in [3.05, 3.63) is 44.4 Å². The number of nitrogens with one attached hydrogen (secondary N) is 2. The predicted molar refractivity (Wildman–Crippen MR) is 117 cm³/mol. The molecule has 0 saturated carbocycles. The zero-order valence-electron chi connectivity index (χ0n) is 17.3. The minimum absolute atomic E-state index is 0.113. The Kier molecular flexibility index (Phi) is 8.72. The van der Waals surface area contributed by atoms with Crippen molar-refractivity contribution in [2.45, 2.75) is 33.2 Å². The summed E-state index contributed by atoms with van der Waals surface area (Å²) in [5.41, 5.74) is 1.70. The maximum Gasteiger partial charge on any atom is 0.350 e. The Balaban J connectivity index is 1.93. The van der Waals surface area contributed by atoms with E-state index in [1.165, 1.54) is 11.3 Å². The van der Waals surface area contributed by atoms with Crippen LogP contribution in [-0.4, -0.2) is 44.2 Å². The van der Waals surface area contributed by atoms with Crippen molar-refractivity contribution in [2.24, 2.45) is 4.99 Å². The molecule has 1 heterocycles. The Bertz CT molecular complexity index is 869. The van der Waals surface area contributed by atoms with Crippen LogP contribution in [0.5, 0.6) is 5.75 Å². The van der Waals surface area contributed by atoms with Gasteiger partial charge in [0.1, 0.15) is 15.6 Å². The van der Waals surface area contributed by atoms with Gasteiger partial charge in [-0.1, -0.05) is 17.7 Å². The highest BCUT2D eigenvalue weighted by atomic mass is 35.5. The van der Waals surface area contributed by atoms with Crippen LogP contribution in [0.3, 0.4) is 0 Å². The molecule has 0 radical (unpaired) electrons. The Morgan fingerprint density at radius 2 is 2.17 bits per heavy atom. The third-order valence-corrected chi connectivity index (χ3v) is 5.84. The van der Waals surface area contributed by atoms with Crippen LogP contribution < -0.4 is 15.4 Å². The Morgan fingerprint density at radius 1 is 1.41 bits per heavy atom.